The summed E-state index contributed by atoms with van der Waals surface area (Å²) in [5, 5.41) is 9.21. The molecular formula is C18H19NO2. The van der Waals surface area contributed by atoms with Gasteiger partial charge in [-0.2, -0.15) is 0 Å². The molecule has 2 aromatic rings. The highest BCUT2D eigenvalue weighted by atomic mass is 16.4. The van der Waals surface area contributed by atoms with Crippen LogP contribution in [0.25, 0.3) is 11.1 Å². The second-order valence-electron chi connectivity index (χ2n) is 5.53. The molecule has 0 unspecified atom stereocenters. The van der Waals surface area contributed by atoms with Crippen LogP contribution in [0.2, 0.25) is 0 Å². The molecule has 0 bridgehead atoms. The molecule has 3 nitrogen and oxygen atoms in total. The van der Waals surface area contributed by atoms with E-state index in [1.165, 1.54) is 16.7 Å². The summed E-state index contributed by atoms with van der Waals surface area (Å²) in [7, 11) is 0. The minimum absolute atomic E-state index is 0.321. The molecule has 0 saturated carbocycles. The summed E-state index contributed by atoms with van der Waals surface area (Å²) in [6.07, 6.45) is 1.73. The van der Waals surface area contributed by atoms with Crippen LogP contribution in [-0.2, 0) is 11.3 Å². The van der Waals surface area contributed by atoms with Gasteiger partial charge in [0.1, 0.15) is 6.04 Å². The molecule has 0 spiro atoms. The number of carbonyl (C=O) groups is 1. The van der Waals surface area contributed by atoms with Crippen molar-refractivity contribution in [1.82, 2.24) is 4.90 Å². The van der Waals surface area contributed by atoms with Crippen molar-refractivity contribution in [2.45, 2.75) is 25.4 Å². The minimum Gasteiger partial charge on any atom is -0.480 e. The maximum absolute atomic E-state index is 11.2. The van der Waals surface area contributed by atoms with E-state index in [4.69, 9.17) is 0 Å². The number of nitrogens with zero attached hydrogens (tertiary/aromatic N) is 1. The van der Waals surface area contributed by atoms with Crippen molar-refractivity contribution >= 4 is 5.97 Å². The lowest BCUT2D eigenvalue weighted by atomic mass is 10.0. The summed E-state index contributed by atoms with van der Waals surface area (Å²) in [5.41, 5.74) is 3.56. The quantitative estimate of drug-likeness (QED) is 0.933. The number of carboxylic acids is 1. The monoisotopic (exact) mass is 281 g/mol. The number of hydrogen-bond donors (Lipinski definition) is 1. The number of likely N-dealkylation sites (tertiary alicyclic amines) is 1. The molecule has 1 atom stereocenters. The van der Waals surface area contributed by atoms with Crippen LogP contribution in [0.15, 0.2) is 54.6 Å². The molecule has 1 aliphatic heterocycles. The third kappa shape index (κ3) is 3.14. The van der Waals surface area contributed by atoms with Crippen LogP contribution < -0.4 is 0 Å². The minimum atomic E-state index is -0.701. The molecule has 21 heavy (non-hydrogen) atoms. The topological polar surface area (TPSA) is 40.5 Å². The lowest BCUT2D eigenvalue weighted by Crippen LogP contribution is -2.35. The van der Waals surface area contributed by atoms with Gasteiger partial charge < -0.3 is 5.11 Å². The fraction of sp³-hybridized carbons (Fsp3) is 0.278. The highest BCUT2D eigenvalue weighted by Crippen LogP contribution is 2.23. The van der Waals surface area contributed by atoms with Gasteiger partial charge in [0, 0.05) is 6.54 Å². The first-order valence-electron chi connectivity index (χ1n) is 7.35. The van der Waals surface area contributed by atoms with Crippen LogP contribution in [0, 0.1) is 0 Å². The van der Waals surface area contributed by atoms with Gasteiger partial charge in [0.2, 0.25) is 0 Å². The molecule has 0 aliphatic carbocycles. The molecule has 1 fully saturated rings. The number of hydrogen-bond acceptors (Lipinski definition) is 2. The SMILES string of the molecule is O=C(O)[C@@H]1CCCN1Cc1ccc(-c2ccccc2)cc1. The summed E-state index contributed by atoms with van der Waals surface area (Å²) in [6.45, 7) is 1.59. The van der Waals surface area contributed by atoms with Crippen molar-refractivity contribution < 1.29 is 9.90 Å². The van der Waals surface area contributed by atoms with Gasteiger partial charge in [-0.05, 0) is 36.1 Å². The molecule has 2 aromatic carbocycles. The zero-order chi connectivity index (χ0) is 14.7. The Morgan fingerprint density at radius 2 is 1.71 bits per heavy atom. The lowest BCUT2D eigenvalue weighted by Gasteiger charge is -2.21. The van der Waals surface area contributed by atoms with Crippen molar-refractivity contribution in [2.75, 3.05) is 6.54 Å². The maximum Gasteiger partial charge on any atom is 0.320 e. The van der Waals surface area contributed by atoms with Gasteiger partial charge in [0.05, 0.1) is 0 Å². The summed E-state index contributed by atoms with van der Waals surface area (Å²) < 4.78 is 0. The van der Waals surface area contributed by atoms with Crippen molar-refractivity contribution in [1.29, 1.82) is 0 Å². The smallest absolute Gasteiger partial charge is 0.320 e. The largest absolute Gasteiger partial charge is 0.480 e. The van der Waals surface area contributed by atoms with Crippen molar-refractivity contribution in [3.8, 4) is 11.1 Å². The third-order valence-corrected chi connectivity index (χ3v) is 4.10. The molecule has 3 rings (SSSR count). The number of carboxylic acid groups (broad SMARTS) is 1. The first kappa shape index (κ1) is 13.8. The Bertz CT molecular complexity index is 607. The molecule has 0 amide bonds. The number of benzene rings is 2. The van der Waals surface area contributed by atoms with E-state index in [0.29, 0.717) is 6.54 Å². The summed E-state index contributed by atoms with van der Waals surface area (Å²) in [6, 6.07) is 18.4. The first-order valence-corrected chi connectivity index (χ1v) is 7.35. The van der Waals surface area contributed by atoms with E-state index in [2.05, 4.69) is 41.3 Å². The van der Waals surface area contributed by atoms with E-state index >= 15 is 0 Å². The molecule has 1 N–H and O–H groups in total. The highest BCUT2D eigenvalue weighted by molar-refractivity contribution is 5.73. The molecule has 1 heterocycles. The van der Waals surface area contributed by atoms with E-state index in [1.54, 1.807) is 0 Å². The van der Waals surface area contributed by atoms with E-state index in [9.17, 15) is 9.90 Å². The standard InChI is InChI=1S/C18H19NO2/c20-18(21)17-7-4-12-19(17)13-14-8-10-16(11-9-14)15-5-2-1-3-6-15/h1-3,5-6,8-11,17H,4,7,12-13H2,(H,20,21)/t17-/m0/s1. The van der Waals surface area contributed by atoms with Gasteiger partial charge in [0.15, 0.2) is 0 Å². The number of aliphatic carboxylic acids is 1. The fourth-order valence-electron chi connectivity index (χ4n) is 2.96. The van der Waals surface area contributed by atoms with Gasteiger partial charge in [-0.3, -0.25) is 9.69 Å². The Balaban J connectivity index is 1.72. The van der Waals surface area contributed by atoms with E-state index < -0.39 is 5.97 Å². The average Bonchev–Trinajstić information content (AvgIpc) is 2.97. The molecule has 3 heteroatoms. The average molecular weight is 281 g/mol. The molecule has 1 saturated heterocycles. The zero-order valence-electron chi connectivity index (χ0n) is 11.9. The van der Waals surface area contributed by atoms with Crippen LogP contribution in [0.5, 0.6) is 0 Å². The third-order valence-electron chi connectivity index (χ3n) is 4.10. The van der Waals surface area contributed by atoms with Crippen LogP contribution in [0.3, 0.4) is 0 Å². The van der Waals surface area contributed by atoms with E-state index in [-0.39, 0.29) is 6.04 Å². The predicted molar refractivity (Wildman–Crippen MR) is 82.9 cm³/mol. The molecule has 1 aliphatic rings. The van der Waals surface area contributed by atoms with Gasteiger partial charge in [-0.1, -0.05) is 54.6 Å². The molecular weight excluding hydrogens is 262 g/mol. The summed E-state index contributed by atoms with van der Waals surface area (Å²) in [5.74, 6) is -0.701. The van der Waals surface area contributed by atoms with E-state index in [1.807, 2.05) is 18.2 Å². The zero-order valence-corrected chi connectivity index (χ0v) is 11.9. The Morgan fingerprint density at radius 3 is 2.38 bits per heavy atom. The number of rotatable bonds is 4. The van der Waals surface area contributed by atoms with Crippen molar-refractivity contribution in [3.05, 3.63) is 60.2 Å². The molecule has 108 valence electrons. The molecule has 0 radical (unpaired) electrons. The maximum atomic E-state index is 11.2. The van der Waals surface area contributed by atoms with Crippen LogP contribution in [0.4, 0.5) is 0 Å². The highest BCUT2D eigenvalue weighted by Gasteiger charge is 2.30. The van der Waals surface area contributed by atoms with Gasteiger partial charge >= 0.3 is 5.97 Å². The Labute approximate surface area is 124 Å². The normalized spacial score (nSPS) is 18.8. The summed E-state index contributed by atoms with van der Waals surface area (Å²) in [4.78, 5) is 13.3. The fourth-order valence-corrected chi connectivity index (χ4v) is 2.96. The van der Waals surface area contributed by atoms with Crippen molar-refractivity contribution in [3.63, 3.8) is 0 Å². The van der Waals surface area contributed by atoms with Crippen LogP contribution in [0.1, 0.15) is 18.4 Å². The predicted octanol–water partition coefficient (Wildman–Crippen LogP) is 3.40. The van der Waals surface area contributed by atoms with Gasteiger partial charge in [0.25, 0.3) is 0 Å². The Kier molecular flexibility index (Phi) is 4.02. The second-order valence-corrected chi connectivity index (χ2v) is 5.53. The van der Waals surface area contributed by atoms with Crippen LogP contribution in [-0.4, -0.2) is 28.6 Å². The van der Waals surface area contributed by atoms with Crippen molar-refractivity contribution in [2.24, 2.45) is 0 Å². The van der Waals surface area contributed by atoms with Gasteiger partial charge in [-0.15, -0.1) is 0 Å². The summed E-state index contributed by atoms with van der Waals surface area (Å²) >= 11 is 0. The molecule has 0 aromatic heterocycles. The van der Waals surface area contributed by atoms with E-state index in [0.717, 1.165) is 19.4 Å². The second kappa shape index (κ2) is 6.10. The van der Waals surface area contributed by atoms with Crippen LogP contribution >= 0.6 is 0 Å². The Hall–Kier alpha value is -2.13. The van der Waals surface area contributed by atoms with Gasteiger partial charge in [-0.25, -0.2) is 0 Å². The Morgan fingerprint density at radius 1 is 1.05 bits per heavy atom. The lowest BCUT2D eigenvalue weighted by molar-refractivity contribution is -0.142. The first-order chi connectivity index (χ1) is 10.2.